The molecule has 0 aromatic rings. The van der Waals surface area contributed by atoms with Crippen molar-refractivity contribution in [2.45, 2.75) is 88.4 Å². The molecule has 1 N–H and O–H groups in total. The summed E-state index contributed by atoms with van der Waals surface area (Å²) in [5, 5.41) is 10.5. The van der Waals surface area contributed by atoms with Gasteiger partial charge in [0.2, 0.25) is 17.7 Å². The molecule has 0 radical (unpaired) electrons. The van der Waals surface area contributed by atoms with Crippen molar-refractivity contribution in [2.24, 2.45) is 17.8 Å². The highest BCUT2D eigenvalue weighted by atomic mass is 79.9. The summed E-state index contributed by atoms with van der Waals surface area (Å²) in [5.74, 6) is -2.10. The van der Waals surface area contributed by atoms with Crippen LogP contribution in [0.4, 0.5) is 0 Å². The Morgan fingerprint density at radius 1 is 1.16 bits per heavy atom. The third-order valence-corrected chi connectivity index (χ3v) is 9.53. The fraction of sp³-hybridized carbons (Fsp3) is 0.759. The molecule has 0 aromatic carbocycles. The molecule has 0 saturated carbocycles. The number of aliphatic hydroxyl groups is 1. The van der Waals surface area contributed by atoms with Crippen LogP contribution in [0.25, 0.3) is 0 Å². The van der Waals surface area contributed by atoms with E-state index in [2.05, 4.69) is 36.0 Å². The number of nitrogens with zero attached hydrogens (tertiary/aromatic N) is 3. The Morgan fingerprint density at radius 3 is 2.32 bits per heavy atom. The molecule has 2 bridgehead atoms. The van der Waals surface area contributed by atoms with Crippen molar-refractivity contribution >= 4 is 33.7 Å². The largest absolute Gasteiger partial charge is 0.394 e. The van der Waals surface area contributed by atoms with Gasteiger partial charge in [-0.3, -0.25) is 14.4 Å². The van der Waals surface area contributed by atoms with Crippen LogP contribution in [0.1, 0.15) is 59.8 Å². The maximum atomic E-state index is 14.4. The molecule has 38 heavy (non-hydrogen) atoms. The van der Waals surface area contributed by atoms with Gasteiger partial charge in [0.25, 0.3) is 0 Å². The van der Waals surface area contributed by atoms with Crippen molar-refractivity contribution in [2.75, 3.05) is 32.8 Å². The van der Waals surface area contributed by atoms with Gasteiger partial charge in [-0.05, 0) is 25.2 Å². The van der Waals surface area contributed by atoms with E-state index in [-0.39, 0.29) is 35.1 Å². The van der Waals surface area contributed by atoms with Crippen molar-refractivity contribution < 1.29 is 24.2 Å². The summed E-state index contributed by atoms with van der Waals surface area (Å²) in [4.78, 5) is 47.7. The number of halogens is 1. The summed E-state index contributed by atoms with van der Waals surface area (Å²) in [5.41, 5.74) is -1.13. The average molecular weight is 597 g/mol. The van der Waals surface area contributed by atoms with E-state index in [1.165, 1.54) is 0 Å². The molecule has 3 saturated heterocycles. The lowest BCUT2D eigenvalue weighted by molar-refractivity contribution is -0.153. The summed E-state index contributed by atoms with van der Waals surface area (Å²) in [7, 11) is 0. The van der Waals surface area contributed by atoms with E-state index in [1.807, 2.05) is 20.8 Å². The zero-order valence-corrected chi connectivity index (χ0v) is 25.1. The van der Waals surface area contributed by atoms with E-state index in [9.17, 15) is 19.5 Å². The van der Waals surface area contributed by atoms with Crippen molar-refractivity contribution in [3.05, 3.63) is 25.3 Å². The second kappa shape index (κ2) is 13.1. The Labute approximate surface area is 236 Å². The molecule has 3 aliphatic rings. The molecule has 214 valence electrons. The molecule has 3 heterocycles. The predicted molar refractivity (Wildman–Crippen MR) is 152 cm³/mol. The molecular formula is C29H46BrN3O5. The number of carbonyl (C=O) groups excluding carboxylic acids is 3. The Kier molecular flexibility index (Phi) is 10.6. The highest BCUT2D eigenvalue weighted by molar-refractivity contribution is 9.09. The van der Waals surface area contributed by atoms with Crippen LogP contribution < -0.4 is 0 Å². The van der Waals surface area contributed by atoms with Crippen LogP contribution in [0, 0.1) is 17.8 Å². The predicted octanol–water partition coefficient (Wildman–Crippen LogP) is 3.38. The summed E-state index contributed by atoms with van der Waals surface area (Å²) < 4.78 is 6.67. The second-order valence-electron chi connectivity index (χ2n) is 11.0. The SMILES string of the molecule is C=CCN(CCCC)C(=O)C1N([C@@H](CO)[C@@H](C)CC)C(=O)[C@@H]2[C@@H](C(=O)N(CC=C)CCC)[C@@H]3OC12CC3Br. The van der Waals surface area contributed by atoms with Gasteiger partial charge in [0.1, 0.15) is 11.6 Å². The fourth-order valence-corrected chi connectivity index (χ4v) is 7.64. The number of fused-ring (bicyclic) bond motifs is 1. The Bertz CT molecular complexity index is 899. The van der Waals surface area contributed by atoms with Gasteiger partial charge in [-0.15, -0.1) is 13.2 Å². The summed E-state index contributed by atoms with van der Waals surface area (Å²) in [6.45, 7) is 17.3. The molecule has 3 rings (SSSR count). The minimum absolute atomic E-state index is 0.0403. The van der Waals surface area contributed by atoms with Crippen LogP contribution in [-0.2, 0) is 19.1 Å². The number of aliphatic hydroxyl groups excluding tert-OH is 1. The van der Waals surface area contributed by atoms with Crippen molar-refractivity contribution in [1.29, 1.82) is 0 Å². The van der Waals surface area contributed by atoms with Crippen LogP contribution in [0.2, 0.25) is 0 Å². The van der Waals surface area contributed by atoms with Gasteiger partial charge in [-0.25, -0.2) is 0 Å². The normalized spacial score (nSPS) is 31.2. The van der Waals surface area contributed by atoms with E-state index in [1.54, 1.807) is 26.9 Å². The van der Waals surface area contributed by atoms with Gasteiger partial charge in [0.05, 0.1) is 30.6 Å². The number of carbonyl (C=O) groups is 3. The number of amides is 3. The number of likely N-dealkylation sites (tertiary alicyclic amines) is 1. The number of alkyl halides is 1. The second-order valence-corrected chi connectivity index (χ2v) is 12.2. The number of hydrogen-bond donors (Lipinski definition) is 1. The minimum Gasteiger partial charge on any atom is -0.394 e. The quantitative estimate of drug-likeness (QED) is 0.231. The number of ether oxygens (including phenoxy) is 1. The van der Waals surface area contributed by atoms with Crippen molar-refractivity contribution in [3.63, 3.8) is 0 Å². The fourth-order valence-electron chi connectivity index (χ4n) is 6.70. The third kappa shape index (κ3) is 5.22. The topological polar surface area (TPSA) is 90.4 Å². The van der Waals surface area contributed by atoms with E-state index in [0.29, 0.717) is 32.6 Å². The standard InChI is InChI=1S/C29H46BrN3O5/c1-7-12-16-32(15-10-4)28(37)25-29-17-20(30)24(38-29)22(26(35)31(13-8-2)14-9-3)23(29)27(36)33(25)21(18-34)19(6)11-5/h8,10,19-25,34H,2,4,7,9,11-18H2,1,3,5-6H3/t19-,20?,21-,22+,23-,24+,25?,29?/m0/s1. The van der Waals surface area contributed by atoms with E-state index in [0.717, 1.165) is 25.7 Å². The first-order chi connectivity index (χ1) is 18.2. The van der Waals surface area contributed by atoms with Crippen LogP contribution in [-0.4, -0.2) is 98.9 Å². The average Bonchev–Trinajstić information content (AvgIpc) is 3.49. The van der Waals surface area contributed by atoms with Crippen LogP contribution >= 0.6 is 15.9 Å². The molecule has 1 spiro atoms. The van der Waals surface area contributed by atoms with Crippen LogP contribution in [0.15, 0.2) is 25.3 Å². The van der Waals surface area contributed by atoms with Gasteiger partial charge in [0, 0.05) is 31.0 Å². The monoisotopic (exact) mass is 595 g/mol. The summed E-state index contributed by atoms with van der Waals surface area (Å²) in [6, 6.07) is -1.46. The zero-order chi connectivity index (χ0) is 28.2. The first kappa shape index (κ1) is 30.8. The lowest BCUT2D eigenvalue weighted by Crippen LogP contribution is -2.60. The van der Waals surface area contributed by atoms with Gasteiger partial charge < -0.3 is 24.5 Å². The van der Waals surface area contributed by atoms with Crippen molar-refractivity contribution in [1.82, 2.24) is 14.7 Å². The van der Waals surface area contributed by atoms with E-state index < -0.39 is 35.6 Å². The highest BCUT2D eigenvalue weighted by Gasteiger charge is 2.77. The highest BCUT2D eigenvalue weighted by Crippen LogP contribution is 2.61. The Morgan fingerprint density at radius 2 is 1.79 bits per heavy atom. The molecular weight excluding hydrogens is 550 g/mol. The lowest BCUT2D eigenvalue weighted by Gasteiger charge is -2.41. The van der Waals surface area contributed by atoms with Crippen LogP contribution in [0.3, 0.4) is 0 Å². The molecule has 3 aliphatic heterocycles. The summed E-state index contributed by atoms with van der Waals surface area (Å²) >= 11 is 3.75. The molecule has 8 atom stereocenters. The molecule has 0 aliphatic carbocycles. The third-order valence-electron chi connectivity index (χ3n) is 8.69. The first-order valence-electron chi connectivity index (χ1n) is 14.2. The smallest absolute Gasteiger partial charge is 0.248 e. The number of unbranched alkanes of at least 4 members (excludes halogenated alkanes) is 1. The molecule has 3 amide bonds. The van der Waals surface area contributed by atoms with Crippen molar-refractivity contribution in [3.8, 4) is 0 Å². The lowest BCUT2D eigenvalue weighted by atomic mass is 9.70. The van der Waals surface area contributed by atoms with Gasteiger partial charge in [0.15, 0.2) is 0 Å². The molecule has 3 fully saturated rings. The minimum atomic E-state index is -1.13. The van der Waals surface area contributed by atoms with E-state index in [4.69, 9.17) is 4.74 Å². The van der Waals surface area contributed by atoms with Gasteiger partial charge in [-0.2, -0.15) is 0 Å². The molecule has 3 unspecified atom stereocenters. The molecule has 9 heteroatoms. The van der Waals surface area contributed by atoms with Gasteiger partial charge in [-0.1, -0.05) is 68.6 Å². The number of hydrogen-bond acceptors (Lipinski definition) is 5. The van der Waals surface area contributed by atoms with Gasteiger partial charge >= 0.3 is 0 Å². The number of rotatable bonds is 15. The summed E-state index contributed by atoms with van der Waals surface area (Å²) in [6.07, 6.45) is 6.61. The first-order valence-corrected chi connectivity index (χ1v) is 15.1. The van der Waals surface area contributed by atoms with E-state index >= 15 is 0 Å². The molecule has 0 aromatic heterocycles. The van der Waals surface area contributed by atoms with Crippen LogP contribution in [0.5, 0.6) is 0 Å². The molecule has 8 nitrogen and oxygen atoms in total. The maximum absolute atomic E-state index is 14.4. The Hall–Kier alpha value is -1.71. The Balaban J connectivity index is 2.14. The maximum Gasteiger partial charge on any atom is 0.248 e. The zero-order valence-electron chi connectivity index (χ0n) is 23.5.